The first kappa shape index (κ1) is 44.3. The molecule has 1 aromatic rings. The van der Waals surface area contributed by atoms with Crippen molar-refractivity contribution in [2.75, 3.05) is 34.9 Å². The maximum absolute atomic E-state index is 14.2. The molecule has 0 unspecified atom stereocenters. The van der Waals surface area contributed by atoms with E-state index in [4.69, 9.17) is 26.4 Å². The number of likely N-dealkylation sites (N-methyl/N-ethyl adjacent to an activating group) is 1. The number of carbonyl (C=O) groups is 4. The van der Waals surface area contributed by atoms with Crippen molar-refractivity contribution in [1.29, 1.82) is 0 Å². The summed E-state index contributed by atoms with van der Waals surface area (Å²) in [5.41, 5.74) is 0.430. The molecule has 2 rings (SSSR count). The highest BCUT2D eigenvalue weighted by Crippen LogP contribution is 2.31. The van der Waals surface area contributed by atoms with Gasteiger partial charge in [0.05, 0.1) is 42.8 Å². The number of thiocarbonyl (C=S) groups is 1. The summed E-state index contributed by atoms with van der Waals surface area (Å²) < 4.78 is 17.2. The molecule has 0 aliphatic carbocycles. The average molecular weight is 732 g/mol. The molecule has 0 aromatic heterocycles. The van der Waals surface area contributed by atoms with Crippen LogP contribution in [0.5, 0.6) is 0 Å². The van der Waals surface area contributed by atoms with Crippen LogP contribution in [-0.4, -0.2) is 104 Å². The largest absolute Gasteiger partial charge is 0.467 e. The van der Waals surface area contributed by atoms with Crippen LogP contribution in [0.15, 0.2) is 30.3 Å². The molecule has 0 saturated carbocycles. The van der Waals surface area contributed by atoms with Crippen LogP contribution in [0.25, 0.3) is 0 Å². The van der Waals surface area contributed by atoms with Crippen LogP contribution >= 0.6 is 12.2 Å². The third-order valence-electron chi connectivity index (χ3n) is 10.7. The normalized spacial score (nSPS) is 19.0. The lowest BCUT2D eigenvalue weighted by atomic mass is 9.80. The zero-order chi connectivity index (χ0) is 38.6. The Morgan fingerprint density at radius 3 is 2.14 bits per heavy atom. The summed E-state index contributed by atoms with van der Waals surface area (Å²) >= 11 is 5.84. The van der Waals surface area contributed by atoms with Gasteiger partial charge in [0.2, 0.25) is 11.8 Å². The number of ketones is 1. The van der Waals surface area contributed by atoms with Crippen molar-refractivity contribution in [1.82, 2.24) is 15.1 Å². The highest BCUT2D eigenvalue weighted by Gasteiger charge is 2.43. The number of benzene rings is 1. The zero-order valence-corrected chi connectivity index (χ0v) is 34.0. The van der Waals surface area contributed by atoms with Gasteiger partial charge in [-0.15, -0.1) is 0 Å². The van der Waals surface area contributed by atoms with Gasteiger partial charge in [0.25, 0.3) is 0 Å². The van der Waals surface area contributed by atoms with Gasteiger partial charge in [-0.2, -0.15) is 0 Å². The highest BCUT2D eigenvalue weighted by molar-refractivity contribution is 7.80. The molecule has 51 heavy (non-hydrogen) atoms. The first-order valence-electron chi connectivity index (χ1n) is 18.5. The van der Waals surface area contributed by atoms with Gasteiger partial charge < -0.3 is 29.3 Å². The second-order valence-electron chi connectivity index (χ2n) is 15.6. The average Bonchev–Trinajstić information content (AvgIpc) is 3.58. The van der Waals surface area contributed by atoms with Gasteiger partial charge in [0, 0.05) is 57.9 Å². The van der Waals surface area contributed by atoms with Crippen molar-refractivity contribution in [3.05, 3.63) is 35.9 Å². The molecule has 0 bridgehead atoms. The summed E-state index contributed by atoms with van der Waals surface area (Å²) in [6.45, 7) is 16.3. The Labute approximate surface area is 312 Å². The van der Waals surface area contributed by atoms with Crippen molar-refractivity contribution in [3.8, 4) is 0 Å². The van der Waals surface area contributed by atoms with Crippen LogP contribution in [0, 0.1) is 29.1 Å². The van der Waals surface area contributed by atoms with E-state index in [0.29, 0.717) is 18.0 Å². The van der Waals surface area contributed by atoms with E-state index in [2.05, 4.69) is 19.2 Å². The Hall–Kier alpha value is -2.89. The molecule has 10 nitrogen and oxygen atoms in total. The van der Waals surface area contributed by atoms with Crippen molar-refractivity contribution < 1.29 is 33.4 Å². The molecule has 1 fully saturated rings. The lowest BCUT2D eigenvalue weighted by Gasteiger charge is -2.41. The molecule has 1 aliphatic rings. The minimum absolute atomic E-state index is 0.0334. The lowest BCUT2D eigenvalue weighted by Crippen LogP contribution is -2.54. The molecule has 1 saturated heterocycles. The number of rotatable bonds is 19. The van der Waals surface area contributed by atoms with E-state index < -0.39 is 35.6 Å². The van der Waals surface area contributed by atoms with Gasteiger partial charge in [-0.05, 0) is 30.2 Å². The van der Waals surface area contributed by atoms with E-state index >= 15 is 0 Å². The minimum Gasteiger partial charge on any atom is -0.467 e. The van der Waals surface area contributed by atoms with Gasteiger partial charge in [-0.25, -0.2) is 4.79 Å². The number of esters is 1. The van der Waals surface area contributed by atoms with Gasteiger partial charge in [0.15, 0.2) is 0 Å². The number of carbonyl (C=O) groups excluding carboxylic acids is 4. The molecule has 1 N–H and O–H groups in total. The molecule has 11 heteroatoms. The lowest BCUT2D eigenvalue weighted by molar-refractivity contribution is -0.149. The Morgan fingerprint density at radius 1 is 1.00 bits per heavy atom. The Bertz CT molecular complexity index is 1300. The maximum Gasteiger partial charge on any atom is 0.328 e. The number of methoxy groups -OCH3 is 3. The van der Waals surface area contributed by atoms with E-state index in [-0.39, 0.29) is 60.3 Å². The SMILES string of the molecule is CC[C@H](C)[C@@H]([C@@H](CC(=O)N1CCC[C@H]1[C@H](OC)[C@@H](C)C(=S)N[C@@H](Cc1ccccc1)C(=O)OC)OC)N(C)C(=O)[C@@H](CC(=O)C(C)(C)C)C(C)C. The Morgan fingerprint density at radius 2 is 1.63 bits per heavy atom. The first-order valence-corrected chi connectivity index (χ1v) is 18.9. The standard InChI is InChI=1S/C40H65N3O7S/c1-13-26(4)35(42(9)38(46)29(25(2)3)23-33(44)40(6,7)8)32(48-10)24-34(45)43-21-17-20-31(43)36(49-11)27(5)37(51)41-30(39(47)50-12)22-28-18-15-14-16-19-28/h14-16,18-19,25-27,29-32,35-36H,13,17,20-24H2,1-12H3,(H,41,51)/t26-,27+,29-,30-,31-,32+,35-,36+/m0/s1. The van der Waals surface area contributed by atoms with E-state index in [9.17, 15) is 19.2 Å². The molecule has 0 radical (unpaired) electrons. The van der Waals surface area contributed by atoms with E-state index in [1.165, 1.54) is 7.11 Å². The third-order valence-corrected chi connectivity index (χ3v) is 11.2. The van der Waals surface area contributed by atoms with Gasteiger partial charge in [-0.1, -0.05) is 104 Å². The Balaban J connectivity index is 2.27. The monoisotopic (exact) mass is 731 g/mol. The summed E-state index contributed by atoms with van der Waals surface area (Å²) in [5.74, 6) is -1.33. The number of amides is 2. The molecular weight excluding hydrogens is 667 g/mol. The highest BCUT2D eigenvalue weighted by atomic mass is 32.1. The summed E-state index contributed by atoms with van der Waals surface area (Å²) in [5, 5.41) is 3.23. The topological polar surface area (TPSA) is 114 Å². The first-order chi connectivity index (χ1) is 23.9. The van der Waals surface area contributed by atoms with Crippen LogP contribution in [0.4, 0.5) is 0 Å². The number of nitrogens with zero attached hydrogens (tertiary/aromatic N) is 2. The molecule has 2 amide bonds. The van der Waals surface area contributed by atoms with Crippen LogP contribution in [0.1, 0.15) is 93.1 Å². The van der Waals surface area contributed by atoms with Crippen LogP contribution in [0.3, 0.4) is 0 Å². The molecule has 1 aliphatic heterocycles. The fraction of sp³-hybridized carbons (Fsp3) is 0.725. The van der Waals surface area contributed by atoms with Crippen molar-refractivity contribution in [2.24, 2.45) is 29.1 Å². The van der Waals surface area contributed by atoms with E-state index in [1.54, 1.807) is 26.2 Å². The van der Waals surface area contributed by atoms with Gasteiger partial charge in [0.1, 0.15) is 11.8 Å². The summed E-state index contributed by atoms with van der Waals surface area (Å²) in [7, 11) is 6.35. The zero-order valence-electron chi connectivity index (χ0n) is 33.2. The quantitative estimate of drug-likeness (QED) is 0.138. The predicted molar refractivity (Wildman–Crippen MR) is 205 cm³/mol. The van der Waals surface area contributed by atoms with Crippen molar-refractivity contribution in [3.63, 3.8) is 0 Å². The van der Waals surface area contributed by atoms with E-state index in [1.807, 2.05) is 76.8 Å². The van der Waals surface area contributed by atoms with Gasteiger partial charge in [-0.3, -0.25) is 14.4 Å². The van der Waals surface area contributed by atoms with Crippen molar-refractivity contribution in [2.45, 2.75) is 124 Å². The van der Waals surface area contributed by atoms with Crippen molar-refractivity contribution >= 4 is 40.8 Å². The second kappa shape index (κ2) is 20.4. The summed E-state index contributed by atoms with van der Waals surface area (Å²) in [6, 6.07) is 8.38. The number of likely N-dealkylation sites (tertiary alicyclic amines) is 1. The molecule has 1 heterocycles. The molecule has 1 aromatic carbocycles. The predicted octanol–water partition coefficient (Wildman–Crippen LogP) is 5.89. The summed E-state index contributed by atoms with van der Waals surface area (Å²) in [6.07, 6.45) is 2.01. The molecular formula is C40H65N3O7S. The smallest absolute Gasteiger partial charge is 0.328 e. The van der Waals surface area contributed by atoms with Crippen LogP contribution < -0.4 is 5.32 Å². The molecule has 288 valence electrons. The third kappa shape index (κ3) is 12.1. The number of hydrogen-bond acceptors (Lipinski definition) is 8. The number of nitrogens with one attached hydrogen (secondary N) is 1. The van der Waals surface area contributed by atoms with Crippen LogP contribution in [0.2, 0.25) is 0 Å². The summed E-state index contributed by atoms with van der Waals surface area (Å²) in [4.78, 5) is 58.1. The fourth-order valence-corrected chi connectivity index (χ4v) is 7.45. The maximum atomic E-state index is 14.2. The number of ether oxygens (including phenoxy) is 3. The van der Waals surface area contributed by atoms with Gasteiger partial charge >= 0.3 is 5.97 Å². The fourth-order valence-electron chi connectivity index (χ4n) is 7.17. The number of Topliss-reactive ketones (excluding diaryl/α,β-unsaturated/α-hetero) is 1. The van der Waals surface area contributed by atoms with E-state index in [0.717, 1.165) is 24.8 Å². The van der Waals surface area contributed by atoms with Crippen LogP contribution in [-0.2, 0) is 39.8 Å². The molecule has 8 atom stereocenters. The minimum atomic E-state index is -0.673. The Kier molecular flexibility index (Phi) is 17.7. The molecule has 0 spiro atoms. The second-order valence-corrected chi connectivity index (χ2v) is 16.0. The number of hydrogen-bond donors (Lipinski definition) is 1.